The van der Waals surface area contributed by atoms with Crippen LogP contribution >= 0.6 is 0 Å². The molecule has 0 aliphatic carbocycles. The smallest absolute Gasteiger partial charge is 0.138 e. The Morgan fingerprint density at radius 1 is 1.47 bits per heavy atom. The second kappa shape index (κ2) is 4.45. The average Bonchev–Trinajstić information content (AvgIpc) is 2.27. The normalized spacial score (nSPS) is 24.8. The van der Waals surface area contributed by atoms with Crippen molar-refractivity contribution in [2.75, 3.05) is 13.7 Å². The van der Waals surface area contributed by atoms with Crippen molar-refractivity contribution in [3.05, 3.63) is 29.6 Å². The molecule has 0 aromatic heterocycles. The number of benzene rings is 1. The van der Waals surface area contributed by atoms with Gasteiger partial charge >= 0.3 is 0 Å². The van der Waals surface area contributed by atoms with Crippen molar-refractivity contribution >= 4 is 5.78 Å². The summed E-state index contributed by atoms with van der Waals surface area (Å²) in [6, 6.07) is 4.60. The fourth-order valence-corrected chi connectivity index (χ4v) is 2.25. The van der Waals surface area contributed by atoms with Crippen molar-refractivity contribution < 1.29 is 18.7 Å². The van der Waals surface area contributed by atoms with E-state index in [1.807, 2.05) is 0 Å². The molecule has 1 heterocycles. The van der Waals surface area contributed by atoms with Gasteiger partial charge in [-0.3, -0.25) is 4.79 Å². The minimum Gasteiger partial charge on any atom is -0.496 e. The Kier molecular flexibility index (Phi) is 3.15. The van der Waals surface area contributed by atoms with E-state index in [0.29, 0.717) is 24.3 Å². The fraction of sp³-hybridized carbons (Fsp3) is 0.462. The number of ether oxygens (including phenoxy) is 2. The lowest BCUT2D eigenvalue weighted by Gasteiger charge is -2.34. The number of rotatable bonds is 2. The van der Waals surface area contributed by atoms with Gasteiger partial charge in [0.25, 0.3) is 0 Å². The molecule has 1 fully saturated rings. The molecule has 0 spiro atoms. The molecule has 2 rings (SSSR count). The molecule has 1 aromatic carbocycles. The minimum absolute atomic E-state index is 0.0871. The topological polar surface area (TPSA) is 35.5 Å². The fourth-order valence-electron chi connectivity index (χ4n) is 2.25. The maximum absolute atomic E-state index is 13.9. The lowest BCUT2D eigenvalue weighted by Crippen LogP contribution is -2.36. The van der Waals surface area contributed by atoms with Gasteiger partial charge in [0.05, 0.1) is 19.3 Å². The number of hydrogen-bond donors (Lipinski definition) is 0. The largest absolute Gasteiger partial charge is 0.496 e. The molecule has 1 aliphatic heterocycles. The lowest BCUT2D eigenvalue weighted by atomic mass is 9.86. The molecule has 1 aromatic rings. The van der Waals surface area contributed by atoms with E-state index >= 15 is 0 Å². The Bertz CT molecular complexity index is 444. The maximum Gasteiger partial charge on any atom is 0.138 e. The van der Waals surface area contributed by atoms with Crippen molar-refractivity contribution in [1.82, 2.24) is 0 Å². The number of methoxy groups -OCH3 is 1. The van der Waals surface area contributed by atoms with Crippen LogP contribution in [0.2, 0.25) is 0 Å². The number of halogens is 1. The Morgan fingerprint density at radius 2 is 2.24 bits per heavy atom. The van der Waals surface area contributed by atoms with Crippen LogP contribution in [-0.2, 0) is 15.1 Å². The highest BCUT2D eigenvalue weighted by atomic mass is 19.1. The van der Waals surface area contributed by atoms with Gasteiger partial charge in [-0.2, -0.15) is 0 Å². The third-order valence-corrected chi connectivity index (χ3v) is 3.06. The van der Waals surface area contributed by atoms with Crippen LogP contribution in [0.15, 0.2) is 18.2 Å². The van der Waals surface area contributed by atoms with E-state index in [0.717, 1.165) is 0 Å². The summed E-state index contributed by atoms with van der Waals surface area (Å²) in [5, 5.41) is 0. The maximum atomic E-state index is 13.9. The Balaban J connectivity index is 2.47. The van der Waals surface area contributed by atoms with Crippen molar-refractivity contribution in [2.24, 2.45) is 0 Å². The number of Topliss-reactive ketones (excluding diaryl/α,β-unsaturated/α-hetero) is 1. The first-order chi connectivity index (χ1) is 8.07. The van der Waals surface area contributed by atoms with E-state index in [1.165, 1.54) is 13.2 Å². The van der Waals surface area contributed by atoms with Crippen LogP contribution < -0.4 is 4.74 Å². The van der Waals surface area contributed by atoms with E-state index in [4.69, 9.17) is 9.47 Å². The van der Waals surface area contributed by atoms with E-state index in [-0.39, 0.29) is 12.2 Å². The first kappa shape index (κ1) is 12.0. The van der Waals surface area contributed by atoms with Gasteiger partial charge in [-0.1, -0.05) is 6.07 Å². The average molecular weight is 238 g/mol. The molecule has 0 radical (unpaired) electrons. The third-order valence-electron chi connectivity index (χ3n) is 3.06. The molecule has 92 valence electrons. The first-order valence-electron chi connectivity index (χ1n) is 5.55. The summed E-state index contributed by atoms with van der Waals surface area (Å²) in [5.41, 5.74) is -0.595. The summed E-state index contributed by atoms with van der Waals surface area (Å²) in [5.74, 6) is 0.104. The molecular formula is C13H15FO3. The van der Waals surface area contributed by atoms with Gasteiger partial charge in [0, 0.05) is 12.8 Å². The van der Waals surface area contributed by atoms with Crippen LogP contribution in [0.25, 0.3) is 0 Å². The molecule has 4 heteroatoms. The monoisotopic (exact) mass is 238 g/mol. The zero-order valence-electron chi connectivity index (χ0n) is 9.96. The van der Waals surface area contributed by atoms with Crippen molar-refractivity contribution in [1.29, 1.82) is 0 Å². The van der Waals surface area contributed by atoms with Gasteiger partial charge in [-0.15, -0.1) is 0 Å². The molecule has 1 unspecified atom stereocenters. The van der Waals surface area contributed by atoms with Gasteiger partial charge < -0.3 is 9.47 Å². The summed E-state index contributed by atoms with van der Waals surface area (Å²) in [4.78, 5) is 11.5. The number of ketones is 1. The van der Waals surface area contributed by atoms with E-state index < -0.39 is 11.4 Å². The number of hydrogen-bond acceptors (Lipinski definition) is 3. The zero-order valence-corrected chi connectivity index (χ0v) is 9.96. The SMILES string of the molecule is COc1cccc(F)c1C1(C)CC(=O)CCO1. The highest BCUT2D eigenvalue weighted by Gasteiger charge is 2.38. The van der Waals surface area contributed by atoms with Crippen molar-refractivity contribution in [3.8, 4) is 5.75 Å². The molecule has 0 amide bonds. The molecule has 3 nitrogen and oxygen atoms in total. The molecule has 1 saturated heterocycles. The van der Waals surface area contributed by atoms with Crippen molar-refractivity contribution in [2.45, 2.75) is 25.4 Å². The molecule has 1 atom stereocenters. The van der Waals surface area contributed by atoms with E-state index in [2.05, 4.69) is 0 Å². The van der Waals surface area contributed by atoms with E-state index in [9.17, 15) is 9.18 Å². The quantitative estimate of drug-likeness (QED) is 0.793. The van der Waals surface area contributed by atoms with Gasteiger partial charge in [-0.25, -0.2) is 4.39 Å². The third kappa shape index (κ3) is 2.17. The zero-order chi connectivity index (χ0) is 12.5. The second-order valence-electron chi connectivity index (χ2n) is 4.36. The molecule has 1 aliphatic rings. The summed E-state index contributed by atoms with van der Waals surface area (Å²) in [6.45, 7) is 2.05. The van der Waals surface area contributed by atoms with Crippen LogP contribution in [0.3, 0.4) is 0 Å². The van der Waals surface area contributed by atoms with Crippen LogP contribution in [-0.4, -0.2) is 19.5 Å². The molecular weight excluding hydrogens is 223 g/mol. The summed E-state index contributed by atoms with van der Waals surface area (Å²) < 4.78 is 24.7. The van der Waals surface area contributed by atoms with Crippen LogP contribution in [0, 0.1) is 5.82 Å². The number of carbonyl (C=O) groups excluding carboxylic acids is 1. The lowest BCUT2D eigenvalue weighted by molar-refractivity contribution is -0.139. The Hall–Kier alpha value is -1.42. The van der Waals surface area contributed by atoms with Crippen LogP contribution in [0.4, 0.5) is 4.39 Å². The van der Waals surface area contributed by atoms with Crippen LogP contribution in [0.1, 0.15) is 25.3 Å². The van der Waals surface area contributed by atoms with Crippen molar-refractivity contribution in [3.63, 3.8) is 0 Å². The predicted molar refractivity (Wildman–Crippen MR) is 60.5 cm³/mol. The predicted octanol–water partition coefficient (Wildman–Crippen LogP) is 2.43. The molecule has 0 saturated carbocycles. The highest BCUT2D eigenvalue weighted by molar-refractivity contribution is 5.80. The molecule has 0 bridgehead atoms. The van der Waals surface area contributed by atoms with Gasteiger partial charge in [-0.05, 0) is 19.1 Å². The highest BCUT2D eigenvalue weighted by Crippen LogP contribution is 2.39. The Labute approximate surface area is 99.5 Å². The van der Waals surface area contributed by atoms with Crippen LogP contribution in [0.5, 0.6) is 5.75 Å². The number of carbonyl (C=O) groups is 1. The first-order valence-corrected chi connectivity index (χ1v) is 5.55. The molecule has 0 N–H and O–H groups in total. The molecule has 17 heavy (non-hydrogen) atoms. The second-order valence-corrected chi connectivity index (χ2v) is 4.36. The minimum atomic E-state index is -0.925. The van der Waals surface area contributed by atoms with E-state index in [1.54, 1.807) is 19.1 Å². The Morgan fingerprint density at radius 3 is 2.88 bits per heavy atom. The van der Waals surface area contributed by atoms with Gasteiger partial charge in [0.1, 0.15) is 23.0 Å². The summed E-state index contributed by atoms with van der Waals surface area (Å²) in [6.07, 6.45) is 0.580. The standard InChI is InChI=1S/C13H15FO3/c1-13(8-9(15)6-7-17-13)12-10(14)4-3-5-11(12)16-2/h3-5H,6-8H2,1-2H3. The van der Waals surface area contributed by atoms with Gasteiger partial charge in [0.15, 0.2) is 0 Å². The van der Waals surface area contributed by atoms with Gasteiger partial charge in [0.2, 0.25) is 0 Å². The summed E-state index contributed by atoms with van der Waals surface area (Å²) >= 11 is 0. The summed E-state index contributed by atoms with van der Waals surface area (Å²) in [7, 11) is 1.48.